The van der Waals surface area contributed by atoms with Crippen LogP contribution in [0.25, 0.3) is 0 Å². The Morgan fingerprint density at radius 3 is 3.00 bits per heavy atom. The maximum atomic E-state index is 10.4. The highest BCUT2D eigenvalue weighted by Crippen LogP contribution is 2.18. The number of allylic oxidation sites excluding steroid dienone is 1. The molecule has 1 aliphatic heterocycles. The summed E-state index contributed by atoms with van der Waals surface area (Å²) in [7, 11) is 0. The second-order valence-electron chi connectivity index (χ2n) is 2.32. The number of carbonyl (C=O) groups is 1. The average Bonchev–Trinajstić information content (AvgIpc) is 1.88. The predicted molar refractivity (Wildman–Crippen MR) is 41.5 cm³/mol. The SMILES string of the molecule is CC1CN=CC(Cl)=C1C=O. The first-order valence-corrected chi connectivity index (χ1v) is 3.48. The van der Waals surface area contributed by atoms with Crippen molar-refractivity contribution in [2.24, 2.45) is 10.9 Å². The fourth-order valence-corrected chi connectivity index (χ4v) is 1.17. The molecule has 0 fully saturated rings. The molecule has 0 amide bonds. The summed E-state index contributed by atoms with van der Waals surface area (Å²) in [4.78, 5) is 14.3. The summed E-state index contributed by atoms with van der Waals surface area (Å²) in [6.45, 7) is 2.60. The van der Waals surface area contributed by atoms with E-state index in [1.54, 1.807) is 0 Å². The molecule has 0 saturated carbocycles. The molecule has 1 heterocycles. The summed E-state index contributed by atoms with van der Waals surface area (Å²) in [5, 5.41) is 0.480. The average molecular weight is 158 g/mol. The van der Waals surface area contributed by atoms with Crippen molar-refractivity contribution in [2.75, 3.05) is 6.54 Å². The van der Waals surface area contributed by atoms with E-state index in [2.05, 4.69) is 4.99 Å². The summed E-state index contributed by atoms with van der Waals surface area (Å²) in [5.74, 6) is 0.176. The second kappa shape index (κ2) is 2.97. The number of hydrogen-bond donors (Lipinski definition) is 0. The lowest BCUT2D eigenvalue weighted by Crippen LogP contribution is -2.11. The van der Waals surface area contributed by atoms with Gasteiger partial charge in [-0.3, -0.25) is 9.79 Å². The van der Waals surface area contributed by atoms with E-state index in [4.69, 9.17) is 11.6 Å². The number of rotatable bonds is 1. The van der Waals surface area contributed by atoms with Crippen LogP contribution < -0.4 is 0 Å². The predicted octanol–water partition coefficient (Wildman–Crippen LogP) is 1.40. The van der Waals surface area contributed by atoms with Gasteiger partial charge in [0.25, 0.3) is 0 Å². The Balaban J connectivity index is 2.94. The van der Waals surface area contributed by atoms with Crippen molar-refractivity contribution in [3.63, 3.8) is 0 Å². The first-order valence-electron chi connectivity index (χ1n) is 3.10. The third-order valence-electron chi connectivity index (χ3n) is 1.52. The molecule has 0 radical (unpaired) electrons. The van der Waals surface area contributed by atoms with Gasteiger partial charge in [0, 0.05) is 24.3 Å². The Bertz CT molecular complexity index is 208. The number of aldehydes is 1. The molecule has 0 spiro atoms. The van der Waals surface area contributed by atoms with Gasteiger partial charge in [0.05, 0.1) is 5.03 Å². The highest BCUT2D eigenvalue weighted by atomic mass is 35.5. The molecule has 0 aromatic carbocycles. The van der Waals surface area contributed by atoms with Crippen molar-refractivity contribution >= 4 is 24.1 Å². The summed E-state index contributed by atoms with van der Waals surface area (Å²) < 4.78 is 0. The van der Waals surface area contributed by atoms with Crippen LogP contribution in [0, 0.1) is 5.92 Å². The van der Waals surface area contributed by atoms with Gasteiger partial charge >= 0.3 is 0 Å². The molecule has 0 aliphatic carbocycles. The molecular weight excluding hydrogens is 150 g/mol. The van der Waals surface area contributed by atoms with E-state index in [0.29, 0.717) is 17.2 Å². The van der Waals surface area contributed by atoms with Crippen molar-refractivity contribution in [3.8, 4) is 0 Å². The van der Waals surface area contributed by atoms with Gasteiger partial charge in [-0.25, -0.2) is 0 Å². The number of carbonyl (C=O) groups excluding carboxylic acids is 1. The molecule has 0 aromatic heterocycles. The largest absolute Gasteiger partial charge is 0.298 e. The number of hydrogen-bond acceptors (Lipinski definition) is 2. The minimum atomic E-state index is 0.176. The van der Waals surface area contributed by atoms with Crippen molar-refractivity contribution < 1.29 is 4.79 Å². The monoisotopic (exact) mass is 157 g/mol. The Labute approximate surface area is 64.6 Å². The first-order chi connectivity index (χ1) is 4.75. The van der Waals surface area contributed by atoms with Gasteiger partial charge in [0.1, 0.15) is 6.29 Å². The molecule has 1 unspecified atom stereocenters. The highest BCUT2D eigenvalue weighted by molar-refractivity contribution is 6.41. The van der Waals surface area contributed by atoms with Gasteiger partial charge in [-0.05, 0) is 0 Å². The van der Waals surface area contributed by atoms with Gasteiger partial charge < -0.3 is 0 Å². The molecule has 0 bridgehead atoms. The quantitative estimate of drug-likeness (QED) is 0.529. The molecule has 0 saturated heterocycles. The zero-order valence-corrected chi connectivity index (χ0v) is 6.43. The van der Waals surface area contributed by atoms with E-state index in [1.165, 1.54) is 6.21 Å². The van der Waals surface area contributed by atoms with Gasteiger partial charge in [0.15, 0.2) is 0 Å². The third kappa shape index (κ3) is 1.27. The first kappa shape index (κ1) is 7.48. The molecule has 0 aromatic rings. The minimum absolute atomic E-state index is 0.176. The van der Waals surface area contributed by atoms with Crippen LogP contribution in [0.3, 0.4) is 0 Å². The van der Waals surface area contributed by atoms with Gasteiger partial charge in [-0.1, -0.05) is 18.5 Å². The molecule has 54 valence electrons. The molecule has 10 heavy (non-hydrogen) atoms. The topological polar surface area (TPSA) is 29.4 Å². The van der Waals surface area contributed by atoms with Crippen LogP contribution in [0.5, 0.6) is 0 Å². The lowest BCUT2D eigenvalue weighted by molar-refractivity contribution is -0.105. The van der Waals surface area contributed by atoms with E-state index < -0.39 is 0 Å². The van der Waals surface area contributed by atoms with Crippen molar-refractivity contribution in [3.05, 3.63) is 10.6 Å². The van der Waals surface area contributed by atoms with Crippen molar-refractivity contribution in [2.45, 2.75) is 6.92 Å². The van der Waals surface area contributed by atoms with Crippen LogP contribution in [0.2, 0.25) is 0 Å². The van der Waals surface area contributed by atoms with E-state index in [1.807, 2.05) is 6.92 Å². The van der Waals surface area contributed by atoms with Crippen molar-refractivity contribution in [1.29, 1.82) is 0 Å². The Kier molecular flexibility index (Phi) is 2.22. The standard InChI is InChI=1S/C7H8ClNO/c1-5-2-9-3-7(8)6(5)4-10/h3-5H,2H2,1H3. The molecule has 2 nitrogen and oxygen atoms in total. The molecule has 1 aliphatic rings. The van der Waals surface area contributed by atoms with E-state index >= 15 is 0 Å². The Morgan fingerprint density at radius 2 is 2.60 bits per heavy atom. The fraction of sp³-hybridized carbons (Fsp3) is 0.429. The molecule has 1 rings (SSSR count). The second-order valence-corrected chi connectivity index (χ2v) is 2.72. The normalized spacial score (nSPS) is 25.2. The van der Waals surface area contributed by atoms with Crippen LogP contribution >= 0.6 is 11.6 Å². The maximum absolute atomic E-state index is 10.4. The van der Waals surface area contributed by atoms with Crippen LogP contribution in [-0.2, 0) is 4.79 Å². The Morgan fingerprint density at radius 1 is 1.90 bits per heavy atom. The molecule has 0 N–H and O–H groups in total. The smallest absolute Gasteiger partial charge is 0.147 e. The van der Waals surface area contributed by atoms with Crippen LogP contribution in [0.15, 0.2) is 15.6 Å². The lowest BCUT2D eigenvalue weighted by atomic mass is 10.0. The zero-order chi connectivity index (χ0) is 7.56. The van der Waals surface area contributed by atoms with Crippen LogP contribution in [-0.4, -0.2) is 19.0 Å². The van der Waals surface area contributed by atoms with Crippen LogP contribution in [0.1, 0.15) is 6.92 Å². The summed E-state index contributed by atoms with van der Waals surface area (Å²) in [6, 6.07) is 0. The van der Waals surface area contributed by atoms with E-state index in [9.17, 15) is 4.79 Å². The van der Waals surface area contributed by atoms with Gasteiger partial charge in [0.2, 0.25) is 0 Å². The highest BCUT2D eigenvalue weighted by Gasteiger charge is 2.14. The van der Waals surface area contributed by atoms with Crippen LogP contribution in [0.4, 0.5) is 0 Å². The molecular formula is C7H8ClNO. The van der Waals surface area contributed by atoms with Gasteiger partial charge in [-0.15, -0.1) is 0 Å². The summed E-state index contributed by atoms with van der Waals surface area (Å²) in [5.41, 5.74) is 0.664. The number of aliphatic imine (C=N–C) groups is 1. The number of halogens is 1. The lowest BCUT2D eigenvalue weighted by Gasteiger charge is -2.12. The summed E-state index contributed by atoms with van der Waals surface area (Å²) in [6.07, 6.45) is 2.34. The fourth-order valence-electron chi connectivity index (χ4n) is 0.872. The van der Waals surface area contributed by atoms with E-state index in [0.717, 1.165) is 6.29 Å². The maximum Gasteiger partial charge on any atom is 0.147 e. The van der Waals surface area contributed by atoms with Crippen molar-refractivity contribution in [1.82, 2.24) is 0 Å². The summed E-state index contributed by atoms with van der Waals surface area (Å²) >= 11 is 5.68. The Hall–Kier alpha value is -0.630. The third-order valence-corrected chi connectivity index (χ3v) is 1.83. The molecule has 1 atom stereocenters. The van der Waals surface area contributed by atoms with Gasteiger partial charge in [-0.2, -0.15) is 0 Å². The van der Waals surface area contributed by atoms with E-state index in [-0.39, 0.29) is 5.92 Å². The number of nitrogens with zero attached hydrogens (tertiary/aromatic N) is 1. The molecule has 3 heteroatoms. The zero-order valence-electron chi connectivity index (χ0n) is 5.67. The minimum Gasteiger partial charge on any atom is -0.298 e. The number of dihydropyridines is 1.